The van der Waals surface area contributed by atoms with Crippen molar-refractivity contribution in [1.29, 1.82) is 0 Å². The molecule has 1 saturated heterocycles. The number of aromatic nitrogens is 3. The quantitative estimate of drug-likeness (QED) is 0.558. The number of benzene rings is 2. The van der Waals surface area contributed by atoms with Gasteiger partial charge in [0.2, 0.25) is 0 Å². The first-order valence-corrected chi connectivity index (χ1v) is 9.74. The van der Waals surface area contributed by atoms with E-state index in [0.717, 1.165) is 16.5 Å². The first-order valence-electron chi connectivity index (χ1n) is 9.36. The van der Waals surface area contributed by atoms with Crippen molar-refractivity contribution in [3.8, 4) is 11.3 Å². The summed E-state index contributed by atoms with van der Waals surface area (Å²) in [5, 5.41) is 8.52. The Kier molecular flexibility index (Phi) is 4.44. The number of piperazine rings is 1. The average Bonchev–Trinajstić information content (AvgIpc) is 3.43. The highest BCUT2D eigenvalue weighted by molar-refractivity contribution is 6.30. The molecule has 0 radical (unpaired) electrons. The molecule has 1 fully saturated rings. The molecule has 0 aliphatic carbocycles. The van der Waals surface area contributed by atoms with Crippen molar-refractivity contribution in [3.63, 3.8) is 0 Å². The second kappa shape index (κ2) is 7.25. The number of hydrogen-bond donors (Lipinski definition) is 1. The molecule has 0 spiro atoms. The highest BCUT2D eigenvalue weighted by Gasteiger charge is 2.25. The summed E-state index contributed by atoms with van der Waals surface area (Å²) in [4.78, 5) is 21.2. The van der Waals surface area contributed by atoms with Crippen LogP contribution in [0.15, 0.2) is 59.3 Å². The van der Waals surface area contributed by atoms with Crippen LogP contribution in [0.5, 0.6) is 0 Å². The first-order chi connectivity index (χ1) is 14.2. The van der Waals surface area contributed by atoms with Crippen molar-refractivity contribution in [1.82, 2.24) is 20.1 Å². The Morgan fingerprint density at radius 3 is 2.62 bits per heavy atom. The number of carbonyl (C=O) groups is 1. The van der Waals surface area contributed by atoms with Crippen molar-refractivity contribution in [2.75, 3.05) is 31.1 Å². The van der Waals surface area contributed by atoms with Crippen LogP contribution in [0.25, 0.3) is 22.2 Å². The molecule has 1 N–H and O–H groups in total. The van der Waals surface area contributed by atoms with Gasteiger partial charge in [0, 0.05) is 47.7 Å². The second-order valence-electron chi connectivity index (χ2n) is 6.97. The third-order valence-corrected chi connectivity index (χ3v) is 5.40. The fourth-order valence-electron chi connectivity index (χ4n) is 3.52. The SMILES string of the molecule is O=C(c1ccc2[nH]ncc2c1)N1CCN(c2ncc(-c3ccc(Cl)cc3)o2)CC1. The predicted octanol–water partition coefficient (Wildman–Crippen LogP) is 3.83. The van der Waals surface area contributed by atoms with E-state index in [1.165, 1.54) is 0 Å². The van der Waals surface area contributed by atoms with E-state index in [1.807, 2.05) is 47.4 Å². The maximum atomic E-state index is 12.9. The standard InChI is InChI=1S/C21H18ClN5O2/c22-17-4-1-14(2-5-17)19-13-23-21(29-19)27-9-7-26(8-10-27)20(28)15-3-6-18-16(11-15)12-24-25-18/h1-6,11-13H,7-10H2,(H,24,25). The number of nitrogens with one attached hydrogen (secondary N) is 1. The Morgan fingerprint density at radius 1 is 1.03 bits per heavy atom. The van der Waals surface area contributed by atoms with Gasteiger partial charge in [0.1, 0.15) is 0 Å². The fraction of sp³-hybridized carbons (Fsp3) is 0.190. The zero-order chi connectivity index (χ0) is 19.8. The van der Waals surface area contributed by atoms with Gasteiger partial charge in [0.25, 0.3) is 11.9 Å². The van der Waals surface area contributed by atoms with Crippen molar-refractivity contribution in [2.45, 2.75) is 0 Å². The van der Waals surface area contributed by atoms with Gasteiger partial charge in [-0.1, -0.05) is 11.6 Å². The Morgan fingerprint density at radius 2 is 1.83 bits per heavy atom. The number of nitrogens with zero attached hydrogens (tertiary/aromatic N) is 4. The van der Waals surface area contributed by atoms with Crippen LogP contribution in [-0.2, 0) is 0 Å². The van der Waals surface area contributed by atoms with E-state index in [0.29, 0.717) is 48.5 Å². The van der Waals surface area contributed by atoms with Gasteiger partial charge in [0.15, 0.2) is 5.76 Å². The lowest BCUT2D eigenvalue weighted by Crippen LogP contribution is -2.48. The van der Waals surface area contributed by atoms with E-state index < -0.39 is 0 Å². The summed E-state index contributed by atoms with van der Waals surface area (Å²) >= 11 is 5.94. The number of H-pyrrole nitrogens is 1. The van der Waals surface area contributed by atoms with Gasteiger partial charge in [-0.05, 0) is 42.5 Å². The number of fused-ring (bicyclic) bond motifs is 1. The smallest absolute Gasteiger partial charge is 0.297 e. The highest BCUT2D eigenvalue weighted by Crippen LogP contribution is 2.26. The second-order valence-corrected chi connectivity index (χ2v) is 7.40. The molecule has 29 heavy (non-hydrogen) atoms. The van der Waals surface area contributed by atoms with Gasteiger partial charge in [-0.3, -0.25) is 9.89 Å². The van der Waals surface area contributed by atoms with Crippen LogP contribution in [0.4, 0.5) is 6.01 Å². The van der Waals surface area contributed by atoms with Crippen molar-refractivity contribution in [3.05, 3.63) is 65.4 Å². The molecule has 7 nitrogen and oxygen atoms in total. The van der Waals surface area contributed by atoms with E-state index in [4.69, 9.17) is 16.0 Å². The average molecular weight is 408 g/mol. The summed E-state index contributed by atoms with van der Waals surface area (Å²) in [6, 6.07) is 13.6. The zero-order valence-electron chi connectivity index (χ0n) is 15.5. The fourth-order valence-corrected chi connectivity index (χ4v) is 3.64. The minimum absolute atomic E-state index is 0.0296. The number of aromatic amines is 1. The van der Waals surface area contributed by atoms with Crippen molar-refractivity contribution in [2.24, 2.45) is 0 Å². The van der Waals surface area contributed by atoms with Gasteiger partial charge in [0.05, 0.1) is 17.9 Å². The zero-order valence-corrected chi connectivity index (χ0v) is 16.3. The lowest BCUT2D eigenvalue weighted by atomic mass is 10.1. The molecule has 1 aliphatic heterocycles. The Balaban J connectivity index is 1.25. The van der Waals surface area contributed by atoms with Crippen molar-refractivity contribution >= 4 is 34.4 Å². The third kappa shape index (κ3) is 3.45. The minimum atomic E-state index is 0.0296. The molecule has 4 aromatic rings. The van der Waals surface area contributed by atoms with Gasteiger partial charge in [-0.25, -0.2) is 4.98 Å². The molecule has 146 valence electrons. The molecular weight excluding hydrogens is 390 g/mol. The van der Waals surface area contributed by atoms with E-state index in [2.05, 4.69) is 20.1 Å². The van der Waals surface area contributed by atoms with Crippen LogP contribution in [0.2, 0.25) is 5.02 Å². The maximum Gasteiger partial charge on any atom is 0.297 e. The van der Waals surface area contributed by atoms with Gasteiger partial charge in [-0.15, -0.1) is 0 Å². The van der Waals surface area contributed by atoms with Crippen LogP contribution in [0.3, 0.4) is 0 Å². The molecule has 0 bridgehead atoms. The highest BCUT2D eigenvalue weighted by atomic mass is 35.5. The summed E-state index contributed by atoms with van der Waals surface area (Å²) in [6.45, 7) is 2.56. The molecule has 0 unspecified atom stereocenters. The number of amides is 1. The normalized spacial score (nSPS) is 14.5. The number of carbonyl (C=O) groups excluding carboxylic acids is 1. The molecule has 2 aromatic carbocycles. The number of rotatable bonds is 3. The summed E-state index contributed by atoms with van der Waals surface area (Å²) in [5.41, 5.74) is 2.52. The number of halogens is 1. The van der Waals surface area contributed by atoms with Gasteiger partial charge >= 0.3 is 0 Å². The van der Waals surface area contributed by atoms with Gasteiger partial charge < -0.3 is 14.2 Å². The minimum Gasteiger partial charge on any atom is -0.423 e. The lowest BCUT2D eigenvalue weighted by Gasteiger charge is -2.33. The van der Waals surface area contributed by atoms with Crippen molar-refractivity contribution < 1.29 is 9.21 Å². The summed E-state index contributed by atoms with van der Waals surface area (Å²) in [5.74, 6) is 0.727. The number of hydrogen-bond acceptors (Lipinski definition) is 5. The Hall–Kier alpha value is -3.32. The molecule has 0 atom stereocenters. The van der Waals surface area contributed by atoms with Gasteiger partial charge in [-0.2, -0.15) is 5.10 Å². The number of oxazole rings is 1. The Bertz CT molecular complexity index is 1160. The molecule has 1 amide bonds. The molecule has 0 saturated carbocycles. The van der Waals surface area contributed by atoms with E-state index in [1.54, 1.807) is 12.4 Å². The topological polar surface area (TPSA) is 78.3 Å². The Labute approximate surface area is 171 Å². The molecule has 2 aromatic heterocycles. The summed E-state index contributed by atoms with van der Waals surface area (Å²) in [7, 11) is 0. The molecular formula is C21H18ClN5O2. The van der Waals surface area contributed by atoms with Crippen LogP contribution in [-0.4, -0.2) is 52.2 Å². The maximum absolute atomic E-state index is 12.9. The largest absolute Gasteiger partial charge is 0.423 e. The van der Waals surface area contributed by atoms with Crippen LogP contribution >= 0.6 is 11.6 Å². The van der Waals surface area contributed by atoms with Crippen LogP contribution < -0.4 is 4.90 Å². The molecule has 5 rings (SSSR count). The summed E-state index contributed by atoms with van der Waals surface area (Å²) in [6.07, 6.45) is 3.45. The monoisotopic (exact) mass is 407 g/mol. The number of anilines is 1. The van der Waals surface area contributed by atoms with Crippen LogP contribution in [0, 0.1) is 0 Å². The molecule has 1 aliphatic rings. The van der Waals surface area contributed by atoms with E-state index in [9.17, 15) is 4.79 Å². The summed E-state index contributed by atoms with van der Waals surface area (Å²) < 4.78 is 5.93. The van der Waals surface area contributed by atoms with E-state index >= 15 is 0 Å². The predicted molar refractivity (Wildman–Crippen MR) is 111 cm³/mol. The lowest BCUT2D eigenvalue weighted by molar-refractivity contribution is 0.0745. The first kappa shape index (κ1) is 17.8. The molecule has 3 heterocycles. The third-order valence-electron chi connectivity index (χ3n) is 5.15. The van der Waals surface area contributed by atoms with Crippen LogP contribution in [0.1, 0.15) is 10.4 Å². The molecule has 8 heteroatoms. The van der Waals surface area contributed by atoms with E-state index in [-0.39, 0.29) is 5.91 Å².